The van der Waals surface area contributed by atoms with Gasteiger partial charge in [0.2, 0.25) is 0 Å². The predicted octanol–water partition coefficient (Wildman–Crippen LogP) is 2.95. The van der Waals surface area contributed by atoms with Gasteiger partial charge in [-0.05, 0) is 18.9 Å². The Morgan fingerprint density at radius 1 is 1.21 bits per heavy atom. The summed E-state index contributed by atoms with van der Waals surface area (Å²) in [5.74, 6) is 0.949. The highest BCUT2D eigenvalue weighted by Crippen LogP contribution is 2.16. The second-order valence-corrected chi connectivity index (χ2v) is 3.47. The molecule has 2 aromatic rings. The largest absolute Gasteiger partial charge is 0.342 e. The number of aromatic amines is 1. The fraction of sp³-hybridized carbons (Fsp3) is 0.250. The maximum Gasteiger partial charge on any atom is 0.137 e. The first-order chi connectivity index (χ1) is 6.79. The normalized spacial score (nSPS) is 10.4. The summed E-state index contributed by atoms with van der Waals surface area (Å²) in [5.41, 5.74) is 3.60. The maximum atomic E-state index is 4.29. The van der Waals surface area contributed by atoms with Gasteiger partial charge in [0.15, 0.2) is 0 Å². The van der Waals surface area contributed by atoms with Crippen LogP contribution in [0.25, 0.3) is 11.4 Å². The second-order valence-electron chi connectivity index (χ2n) is 3.47. The molecule has 1 aromatic carbocycles. The number of nitrogens with one attached hydrogen (secondary N) is 1. The number of imidazole rings is 1. The molecule has 2 nitrogen and oxygen atoms in total. The molecule has 0 saturated carbocycles. The lowest BCUT2D eigenvalue weighted by Crippen LogP contribution is -1.83. The van der Waals surface area contributed by atoms with Crippen molar-refractivity contribution < 1.29 is 0 Å². The van der Waals surface area contributed by atoms with Crippen LogP contribution in [0.1, 0.15) is 18.2 Å². The summed E-state index contributed by atoms with van der Waals surface area (Å²) < 4.78 is 0. The van der Waals surface area contributed by atoms with E-state index in [-0.39, 0.29) is 0 Å². The van der Waals surface area contributed by atoms with E-state index in [2.05, 4.69) is 41.2 Å². The SMILES string of the molecule is CCc1ccc(-c2ncc(C)[nH]2)cc1. The van der Waals surface area contributed by atoms with E-state index in [9.17, 15) is 0 Å². The molecule has 0 atom stereocenters. The molecule has 72 valence electrons. The first-order valence-electron chi connectivity index (χ1n) is 4.90. The molecule has 0 amide bonds. The number of H-pyrrole nitrogens is 1. The topological polar surface area (TPSA) is 28.7 Å². The Morgan fingerprint density at radius 3 is 2.43 bits per heavy atom. The summed E-state index contributed by atoms with van der Waals surface area (Å²) in [6.07, 6.45) is 2.93. The Bertz CT molecular complexity index is 412. The Morgan fingerprint density at radius 2 is 1.93 bits per heavy atom. The molecule has 0 aliphatic carbocycles. The summed E-state index contributed by atoms with van der Waals surface area (Å²) in [6.45, 7) is 4.17. The van der Waals surface area contributed by atoms with Crippen LogP contribution in [0.15, 0.2) is 30.5 Å². The van der Waals surface area contributed by atoms with Crippen molar-refractivity contribution in [1.29, 1.82) is 0 Å². The van der Waals surface area contributed by atoms with Gasteiger partial charge in [-0.3, -0.25) is 0 Å². The number of benzene rings is 1. The van der Waals surface area contributed by atoms with Crippen molar-refractivity contribution in [3.63, 3.8) is 0 Å². The van der Waals surface area contributed by atoms with E-state index < -0.39 is 0 Å². The van der Waals surface area contributed by atoms with Gasteiger partial charge in [-0.15, -0.1) is 0 Å². The zero-order chi connectivity index (χ0) is 9.97. The number of aromatic nitrogens is 2. The van der Waals surface area contributed by atoms with E-state index >= 15 is 0 Å². The summed E-state index contributed by atoms with van der Waals surface area (Å²) in [5, 5.41) is 0. The molecule has 0 aliphatic rings. The van der Waals surface area contributed by atoms with Crippen molar-refractivity contribution in [3.05, 3.63) is 41.7 Å². The van der Waals surface area contributed by atoms with Crippen LogP contribution in [-0.4, -0.2) is 9.97 Å². The van der Waals surface area contributed by atoms with Crippen molar-refractivity contribution in [2.75, 3.05) is 0 Å². The molecule has 0 saturated heterocycles. The maximum absolute atomic E-state index is 4.29. The van der Waals surface area contributed by atoms with E-state index in [0.717, 1.165) is 23.5 Å². The minimum Gasteiger partial charge on any atom is -0.342 e. The third kappa shape index (κ3) is 1.69. The fourth-order valence-electron chi connectivity index (χ4n) is 1.46. The molecular weight excluding hydrogens is 172 g/mol. The Labute approximate surface area is 84.0 Å². The first-order valence-corrected chi connectivity index (χ1v) is 4.90. The Hall–Kier alpha value is -1.57. The van der Waals surface area contributed by atoms with Crippen LogP contribution in [0.3, 0.4) is 0 Å². The van der Waals surface area contributed by atoms with Gasteiger partial charge in [-0.25, -0.2) is 4.98 Å². The number of aryl methyl sites for hydroxylation is 2. The van der Waals surface area contributed by atoms with E-state index in [1.54, 1.807) is 0 Å². The molecule has 0 radical (unpaired) electrons. The van der Waals surface area contributed by atoms with Gasteiger partial charge in [0.1, 0.15) is 5.82 Å². The van der Waals surface area contributed by atoms with Crippen LogP contribution in [-0.2, 0) is 6.42 Å². The molecule has 0 aliphatic heterocycles. The van der Waals surface area contributed by atoms with Crippen LogP contribution >= 0.6 is 0 Å². The van der Waals surface area contributed by atoms with Gasteiger partial charge in [-0.2, -0.15) is 0 Å². The van der Waals surface area contributed by atoms with Gasteiger partial charge in [0, 0.05) is 17.5 Å². The zero-order valence-electron chi connectivity index (χ0n) is 8.54. The highest BCUT2D eigenvalue weighted by atomic mass is 14.9. The van der Waals surface area contributed by atoms with Crippen molar-refractivity contribution in [3.8, 4) is 11.4 Å². The van der Waals surface area contributed by atoms with Crippen LogP contribution in [0, 0.1) is 6.92 Å². The molecule has 2 heteroatoms. The average molecular weight is 186 g/mol. The molecule has 1 aromatic heterocycles. The van der Waals surface area contributed by atoms with Crippen LogP contribution in [0.5, 0.6) is 0 Å². The monoisotopic (exact) mass is 186 g/mol. The number of rotatable bonds is 2. The molecule has 1 heterocycles. The molecule has 0 spiro atoms. The third-order valence-electron chi connectivity index (χ3n) is 2.34. The highest BCUT2D eigenvalue weighted by Gasteiger charge is 2.00. The van der Waals surface area contributed by atoms with E-state index in [1.807, 2.05) is 13.1 Å². The van der Waals surface area contributed by atoms with Gasteiger partial charge in [-0.1, -0.05) is 31.2 Å². The Kier molecular flexibility index (Phi) is 2.35. The minimum atomic E-state index is 0.949. The summed E-state index contributed by atoms with van der Waals surface area (Å²) in [4.78, 5) is 7.50. The summed E-state index contributed by atoms with van der Waals surface area (Å²) in [6, 6.07) is 8.51. The Balaban J connectivity index is 2.33. The minimum absolute atomic E-state index is 0.949. The van der Waals surface area contributed by atoms with Gasteiger partial charge in [0.05, 0.1) is 0 Å². The van der Waals surface area contributed by atoms with Gasteiger partial charge < -0.3 is 4.98 Å². The van der Waals surface area contributed by atoms with Crippen LogP contribution in [0.2, 0.25) is 0 Å². The summed E-state index contributed by atoms with van der Waals surface area (Å²) in [7, 11) is 0. The predicted molar refractivity (Wildman–Crippen MR) is 58.1 cm³/mol. The average Bonchev–Trinajstić information content (AvgIpc) is 2.65. The smallest absolute Gasteiger partial charge is 0.137 e. The molecule has 2 rings (SSSR count). The molecule has 1 N–H and O–H groups in total. The quantitative estimate of drug-likeness (QED) is 0.767. The lowest BCUT2D eigenvalue weighted by atomic mass is 10.1. The molecular formula is C12H14N2. The van der Waals surface area contributed by atoms with Crippen molar-refractivity contribution >= 4 is 0 Å². The highest BCUT2D eigenvalue weighted by molar-refractivity contribution is 5.55. The molecule has 0 fully saturated rings. The van der Waals surface area contributed by atoms with E-state index in [1.165, 1.54) is 5.56 Å². The third-order valence-corrected chi connectivity index (χ3v) is 2.34. The van der Waals surface area contributed by atoms with Crippen LogP contribution in [0.4, 0.5) is 0 Å². The van der Waals surface area contributed by atoms with Gasteiger partial charge >= 0.3 is 0 Å². The zero-order valence-corrected chi connectivity index (χ0v) is 8.54. The van der Waals surface area contributed by atoms with Crippen molar-refractivity contribution in [2.45, 2.75) is 20.3 Å². The first kappa shape index (κ1) is 9.00. The van der Waals surface area contributed by atoms with Gasteiger partial charge in [0.25, 0.3) is 0 Å². The number of hydrogen-bond acceptors (Lipinski definition) is 1. The fourth-order valence-corrected chi connectivity index (χ4v) is 1.46. The lowest BCUT2D eigenvalue weighted by Gasteiger charge is -1.98. The standard InChI is InChI=1S/C12H14N2/c1-3-10-4-6-11(7-5-10)12-13-8-9(2)14-12/h4-8H,3H2,1-2H3,(H,13,14). The van der Waals surface area contributed by atoms with Crippen molar-refractivity contribution in [2.24, 2.45) is 0 Å². The van der Waals surface area contributed by atoms with Crippen LogP contribution < -0.4 is 0 Å². The molecule has 0 bridgehead atoms. The summed E-state index contributed by atoms with van der Waals surface area (Å²) >= 11 is 0. The molecule has 14 heavy (non-hydrogen) atoms. The second kappa shape index (κ2) is 3.66. The molecule has 0 unspecified atom stereocenters. The van der Waals surface area contributed by atoms with E-state index in [4.69, 9.17) is 0 Å². The lowest BCUT2D eigenvalue weighted by molar-refractivity contribution is 1.14. The van der Waals surface area contributed by atoms with Crippen molar-refractivity contribution in [1.82, 2.24) is 9.97 Å². The number of hydrogen-bond donors (Lipinski definition) is 1. The van der Waals surface area contributed by atoms with E-state index in [0.29, 0.717) is 0 Å². The number of nitrogens with zero attached hydrogens (tertiary/aromatic N) is 1.